The van der Waals surface area contributed by atoms with Crippen molar-refractivity contribution in [3.63, 3.8) is 0 Å². The minimum Gasteiger partial charge on any atom is -0.341 e. The van der Waals surface area contributed by atoms with E-state index >= 15 is 0 Å². The molecule has 2 atom stereocenters. The van der Waals surface area contributed by atoms with Crippen LogP contribution in [0, 0.1) is 30.1 Å². The number of anilines is 1. The normalized spacial score (nSPS) is 20.6. The molecule has 2 aliphatic rings. The molecule has 2 aromatic carbocycles. The summed E-state index contributed by atoms with van der Waals surface area (Å²) in [5.74, 6) is 2.51. The van der Waals surface area contributed by atoms with E-state index in [-0.39, 0.29) is 0 Å². The molecule has 0 radical (unpaired) electrons. The largest absolute Gasteiger partial charge is 0.341 e. The number of fused-ring (bicyclic) bond motifs is 1. The molecule has 2 unspecified atom stereocenters. The molecule has 4 heteroatoms. The summed E-state index contributed by atoms with van der Waals surface area (Å²) in [5.41, 5.74) is 5.98. The maximum Gasteiger partial charge on any atom is 0.225 e. The standard InChI is InChI=1S/C26H26N4/c1-18-5-9-21(10-6-18)24-16-28-26(30-14-13-20-3-2-4-23(20)17-30)29-25(24)22-11-7-19(15-27)8-12-22/h5-12,16,20,23H,2-4,13-14,17H2,1H3. The number of rotatable bonds is 3. The summed E-state index contributed by atoms with van der Waals surface area (Å²) in [7, 11) is 0. The van der Waals surface area contributed by atoms with E-state index in [1.54, 1.807) is 0 Å². The predicted octanol–water partition coefficient (Wildman–Crippen LogP) is 5.62. The van der Waals surface area contributed by atoms with Gasteiger partial charge in [-0.1, -0.05) is 54.8 Å². The van der Waals surface area contributed by atoms with Crippen molar-refractivity contribution in [2.24, 2.45) is 11.8 Å². The average molecular weight is 395 g/mol. The van der Waals surface area contributed by atoms with Crippen molar-refractivity contribution < 1.29 is 0 Å². The number of nitriles is 1. The van der Waals surface area contributed by atoms with Gasteiger partial charge in [-0.15, -0.1) is 0 Å². The second-order valence-corrected chi connectivity index (χ2v) is 8.67. The molecular formula is C26H26N4. The molecular weight excluding hydrogens is 368 g/mol. The monoisotopic (exact) mass is 394 g/mol. The van der Waals surface area contributed by atoms with Crippen LogP contribution in [0.3, 0.4) is 0 Å². The lowest BCUT2D eigenvalue weighted by Gasteiger charge is -2.35. The zero-order valence-electron chi connectivity index (χ0n) is 17.4. The number of piperidine rings is 1. The second-order valence-electron chi connectivity index (χ2n) is 8.67. The summed E-state index contributed by atoms with van der Waals surface area (Å²) in [6.45, 7) is 4.21. The highest BCUT2D eigenvalue weighted by molar-refractivity contribution is 5.81. The average Bonchev–Trinajstić information content (AvgIpc) is 3.27. The lowest BCUT2D eigenvalue weighted by Crippen LogP contribution is -2.39. The Labute approximate surface area is 178 Å². The Hall–Kier alpha value is -3.19. The molecule has 30 heavy (non-hydrogen) atoms. The summed E-state index contributed by atoms with van der Waals surface area (Å²) in [6, 6.07) is 18.4. The van der Waals surface area contributed by atoms with Gasteiger partial charge in [0.05, 0.1) is 17.3 Å². The number of benzene rings is 2. The van der Waals surface area contributed by atoms with Crippen LogP contribution in [-0.4, -0.2) is 23.1 Å². The fourth-order valence-electron chi connectivity index (χ4n) is 5.00. The van der Waals surface area contributed by atoms with Gasteiger partial charge in [-0.05, 0) is 49.3 Å². The van der Waals surface area contributed by atoms with E-state index < -0.39 is 0 Å². The Morgan fingerprint density at radius 1 is 0.933 bits per heavy atom. The highest BCUT2D eigenvalue weighted by atomic mass is 15.3. The quantitative estimate of drug-likeness (QED) is 0.579. The molecule has 3 aromatic rings. The van der Waals surface area contributed by atoms with E-state index in [2.05, 4.69) is 42.2 Å². The fourth-order valence-corrected chi connectivity index (χ4v) is 5.00. The summed E-state index contributed by atoms with van der Waals surface area (Å²) >= 11 is 0. The van der Waals surface area contributed by atoms with Crippen LogP contribution in [0.2, 0.25) is 0 Å². The van der Waals surface area contributed by atoms with Crippen LogP contribution < -0.4 is 4.90 Å². The van der Waals surface area contributed by atoms with Gasteiger partial charge in [-0.3, -0.25) is 0 Å². The zero-order chi connectivity index (χ0) is 20.5. The van der Waals surface area contributed by atoms with Crippen LogP contribution >= 0.6 is 0 Å². The first-order valence-corrected chi connectivity index (χ1v) is 10.9. The first kappa shape index (κ1) is 18.8. The Morgan fingerprint density at radius 3 is 2.43 bits per heavy atom. The van der Waals surface area contributed by atoms with Crippen molar-refractivity contribution in [3.8, 4) is 28.5 Å². The Morgan fingerprint density at radius 2 is 1.67 bits per heavy atom. The zero-order valence-corrected chi connectivity index (χ0v) is 17.4. The maximum absolute atomic E-state index is 9.16. The van der Waals surface area contributed by atoms with Crippen molar-refractivity contribution in [2.75, 3.05) is 18.0 Å². The van der Waals surface area contributed by atoms with Gasteiger partial charge in [0.25, 0.3) is 0 Å². The first-order valence-electron chi connectivity index (χ1n) is 10.9. The van der Waals surface area contributed by atoms with Gasteiger partial charge in [-0.2, -0.15) is 5.26 Å². The highest BCUT2D eigenvalue weighted by Gasteiger charge is 2.33. The van der Waals surface area contributed by atoms with Crippen LogP contribution in [0.25, 0.3) is 22.4 Å². The molecule has 1 aromatic heterocycles. The molecule has 0 N–H and O–H groups in total. The lowest BCUT2D eigenvalue weighted by atomic mass is 9.89. The molecule has 2 heterocycles. The van der Waals surface area contributed by atoms with Gasteiger partial charge in [0.2, 0.25) is 5.95 Å². The third-order valence-electron chi connectivity index (χ3n) is 6.75. The fraction of sp³-hybridized carbons (Fsp3) is 0.346. The topological polar surface area (TPSA) is 52.8 Å². The number of aryl methyl sites for hydroxylation is 1. The molecule has 4 nitrogen and oxygen atoms in total. The van der Waals surface area contributed by atoms with Gasteiger partial charge in [0.1, 0.15) is 0 Å². The van der Waals surface area contributed by atoms with Gasteiger partial charge >= 0.3 is 0 Å². The van der Waals surface area contributed by atoms with Crippen molar-refractivity contribution in [3.05, 3.63) is 65.9 Å². The molecule has 1 saturated heterocycles. The molecule has 1 aliphatic heterocycles. The van der Waals surface area contributed by atoms with E-state index in [0.717, 1.165) is 53.3 Å². The summed E-state index contributed by atoms with van der Waals surface area (Å²) in [6.07, 6.45) is 7.32. The number of aromatic nitrogens is 2. The van der Waals surface area contributed by atoms with Gasteiger partial charge in [-0.25, -0.2) is 9.97 Å². The van der Waals surface area contributed by atoms with E-state index in [4.69, 9.17) is 15.2 Å². The van der Waals surface area contributed by atoms with Crippen molar-refractivity contribution in [1.82, 2.24) is 9.97 Å². The van der Waals surface area contributed by atoms with Crippen molar-refractivity contribution in [2.45, 2.75) is 32.6 Å². The van der Waals surface area contributed by atoms with Crippen LogP contribution in [0.15, 0.2) is 54.7 Å². The molecule has 0 amide bonds. The van der Waals surface area contributed by atoms with Crippen LogP contribution in [0.5, 0.6) is 0 Å². The maximum atomic E-state index is 9.16. The van der Waals surface area contributed by atoms with Crippen LogP contribution in [-0.2, 0) is 0 Å². The molecule has 1 saturated carbocycles. The Kier molecular flexibility index (Phi) is 4.96. The molecule has 0 spiro atoms. The number of hydrogen-bond acceptors (Lipinski definition) is 4. The van der Waals surface area contributed by atoms with Crippen molar-refractivity contribution in [1.29, 1.82) is 5.26 Å². The SMILES string of the molecule is Cc1ccc(-c2cnc(N3CCC4CCCC4C3)nc2-c2ccc(C#N)cc2)cc1. The van der Waals surface area contributed by atoms with Gasteiger partial charge < -0.3 is 4.90 Å². The molecule has 5 rings (SSSR count). The third-order valence-corrected chi connectivity index (χ3v) is 6.75. The Bertz CT molecular complexity index is 1080. The molecule has 1 aliphatic carbocycles. The number of nitrogens with zero attached hydrogens (tertiary/aromatic N) is 4. The van der Waals surface area contributed by atoms with E-state index in [1.165, 1.54) is 31.2 Å². The lowest BCUT2D eigenvalue weighted by molar-refractivity contribution is 0.321. The summed E-state index contributed by atoms with van der Waals surface area (Å²) in [4.78, 5) is 12.2. The minimum atomic E-state index is 0.660. The molecule has 0 bridgehead atoms. The van der Waals surface area contributed by atoms with E-state index in [0.29, 0.717) is 5.56 Å². The van der Waals surface area contributed by atoms with E-state index in [1.807, 2.05) is 30.5 Å². The smallest absolute Gasteiger partial charge is 0.225 e. The Balaban J connectivity index is 1.55. The second kappa shape index (κ2) is 7.91. The number of hydrogen-bond donors (Lipinski definition) is 0. The predicted molar refractivity (Wildman–Crippen MR) is 120 cm³/mol. The van der Waals surface area contributed by atoms with Gasteiger partial charge in [0.15, 0.2) is 0 Å². The minimum absolute atomic E-state index is 0.660. The first-order chi connectivity index (χ1) is 14.7. The third kappa shape index (κ3) is 3.57. The van der Waals surface area contributed by atoms with Crippen molar-refractivity contribution >= 4 is 5.95 Å². The summed E-state index contributed by atoms with van der Waals surface area (Å²) in [5, 5.41) is 9.16. The molecule has 150 valence electrons. The summed E-state index contributed by atoms with van der Waals surface area (Å²) < 4.78 is 0. The van der Waals surface area contributed by atoms with Gasteiger partial charge in [0, 0.05) is 30.4 Å². The van der Waals surface area contributed by atoms with Crippen LogP contribution in [0.1, 0.15) is 36.8 Å². The molecule has 2 fully saturated rings. The highest BCUT2D eigenvalue weighted by Crippen LogP contribution is 2.39. The van der Waals surface area contributed by atoms with Crippen LogP contribution in [0.4, 0.5) is 5.95 Å². The van der Waals surface area contributed by atoms with E-state index in [9.17, 15) is 0 Å².